The lowest BCUT2D eigenvalue weighted by molar-refractivity contribution is 1.56. The van der Waals surface area contributed by atoms with Crippen molar-refractivity contribution >= 4 is 0 Å². The average molecular weight is 383 g/mol. The topological polar surface area (TPSA) is 0 Å². The molecule has 0 bridgehead atoms. The first-order valence-corrected chi connectivity index (χ1v) is 10.3. The summed E-state index contributed by atoms with van der Waals surface area (Å²) in [5.74, 6) is 0. The van der Waals surface area contributed by atoms with Crippen molar-refractivity contribution in [3.63, 3.8) is 0 Å². The minimum atomic E-state index is 1.23. The first-order valence-electron chi connectivity index (χ1n) is 10.3. The molecule has 0 saturated carbocycles. The van der Waals surface area contributed by atoms with E-state index in [1.165, 1.54) is 44.5 Å². The lowest BCUT2D eigenvalue weighted by Crippen LogP contribution is -1.86. The van der Waals surface area contributed by atoms with E-state index in [1.807, 2.05) is 0 Å². The van der Waals surface area contributed by atoms with Crippen LogP contribution in [0.3, 0.4) is 0 Å². The predicted molar refractivity (Wildman–Crippen MR) is 128 cm³/mol. The van der Waals surface area contributed by atoms with E-state index in [2.05, 4.69) is 133 Å². The third-order valence-electron chi connectivity index (χ3n) is 5.47. The van der Waals surface area contributed by atoms with Gasteiger partial charge in [0.2, 0.25) is 0 Å². The lowest BCUT2D eigenvalue weighted by atomic mass is 9.92. The van der Waals surface area contributed by atoms with E-state index in [-0.39, 0.29) is 0 Å². The van der Waals surface area contributed by atoms with Crippen molar-refractivity contribution in [2.24, 2.45) is 0 Å². The van der Waals surface area contributed by atoms with E-state index in [4.69, 9.17) is 0 Å². The second-order valence-corrected chi connectivity index (χ2v) is 7.47. The molecule has 30 heavy (non-hydrogen) atoms. The Morgan fingerprint density at radius 1 is 0.200 bits per heavy atom. The Bertz CT molecular complexity index is 1180. The summed E-state index contributed by atoms with van der Waals surface area (Å²) < 4.78 is 0. The molecular weight excluding hydrogens is 360 g/mol. The Labute approximate surface area is 178 Å². The Morgan fingerprint density at radius 3 is 0.767 bits per heavy atom. The van der Waals surface area contributed by atoms with Crippen LogP contribution in [0.5, 0.6) is 0 Å². The summed E-state index contributed by atoms with van der Waals surface area (Å²) in [6, 6.07) is 47.5. The molecule has 0 atom stereocenters. The Hall–Kier alpha value is -3.90. The summed E-state index contributed by atoms with van der Waals surface area (Å²) in [6.07, 6.45) is 0. The summed E-state index contributed by atoms with van der Waals surface area (Å²) in [6.45, 7) is 0. The highest BCUT2D eigenvalue weighted by atomic mass is 14.1. The molecule has 5 aromatic rings. The molecule has 0 fully saturated rings. The smallest absolute Gasteiger partial charge is 0.0172 e. The highest BCUT2D eigenvalue weighted by Crippen LogP contribution is 2.33. The van der Waals surface area contributed by atoms with E-state index < -0.39 is 0 Å². The van der Waals surface area contributed by atoms with Crippen LogP contribution in [0, 0.1) is 0 Å². The van der Waals surface area contributed by atoms with Crippen LogP contribution >= 0.6 is 0 Å². The van der Waals surface area contributed by atoms with Gasteiger partial charge >= 0.3 is 0 Å². The van der Waals surface area contributed by atoms with Gasteiger partial charge in [0, 0.05) is 0 Å². The molecule has 0 spiro atoms. The van der Waals surface area contributed by atoms with Crippen LogP contribution in [0.25, 0.3) is 44.5 Å². The van der Waals surface area contributed by atoms with Crippen molar-refractivity contribution in [3.05, 3.63) is 133 Å². The maximum absolute atomic E-state index is 2.29. The second kappa shape index (κ2) is 8.23. The highest BCUT2D eigenvalue weighted by Gasteiger charge is 2.08. The van der Waals surface area contributed by atoms with Gasteiger partial charge in [-0.1, -0.05) is 115 Å². The molecule has 0 radical (unpaired) electrons. The van der Waals surface area contributed by atoms with Gasteiger partial charge in [-0.3, -0.25) is 0 Å². The van der Waals surface area contributed by atoms with Crippen LogP contribution in [-0.4, -0.2) is 0 Å². The third kappa shape index (κ3) is 3.81. The van der Waals surface area contributed by atoms with Gasteiger partial charge in [-0.15, -0.1) is 0 Å². The zero-order valence-corrected chi connectivity index (χ0v) is 16.7. The van der Waals surface area contributed by atoms with E-state index >= 15 is 0 Å². The Morgan fingerprint density at radius 2 is 0.433 bits per heavy atom. The van der Waals surface area contributed by atoms with Crippen LogP contribution in [0.1, 0.15) is 0 Å². The van der Waals surface area contributed by atoms with Gasteiger partial charge in [0.25, 0.3) is 0 Å². The lowest BCUT2D eigenvalue weighted by Gasteiger charge is -2.12. The molecule has 0 amide bonds. The average Bonchev–Trinajstić information content (AvgIpc) is 2.85. The molecule has 0 aliphatic heterocycles. The Balaban J connectivity index is 1.60. The zero-order chi connectivity index (χ0) is 20.2. The molecule has 142 valence electrons. The van der Waals surface area contributed by atoms with Crippen molar-refractivity contribution in [3.8, 4) is 44.5 Å². The van der Waals surface area contributed by atoms with Gasteiger partial charge in [-0.05, 0) is 62.7 Å². The zero-order valence-electron chi connectivity index (χ0n) is 16.7. The molecule has 0 unspecified atom stereocenters. The first kappa shape index (κ1) is 18.1. The van der Waals surface area contributed by atoms with Crippen molar-refractivity contribution < 1.29 is 0 Å². The third-order valence-corrected chi connectivity index (χ3v) is 5.47. The molecule has 0 heterocycles. The summed E-state index contributed by atoms with van der Waals surface area (Å²) in [5.41, 5.74) is 9.88. The molecule has 0 heteroatoms. The highest BCUT2D eigenvalue weighted by molar-refractivity contribution is 5.81. The van der Waals surface area contributed by atoms with Crippen LogP contribution in [-0.2, 0) is 0 Å². The predicted octanol–water partition coefficient (Wildman–Crippen LogP) is 8.35. The van der Waals surface area contributed by atoms with Gasteiger partial charge in [0.1, 0.15) is 0 Å². The first-order chi connectivity index (χ1) is 14.9. The number of hydrogen-bond donors (Lipinski definition) is 0. The van der Waals surface area contributed by atoms with Gasteiger partial charge in [-0.25, -0.2) is 0 Å². The summed E-state index contributed by atoms with van der Waals surface area (Å²) >= 11 is 0. The maximum atomic E-state index is 2.29. The number of rotatable bonds is 4. The normalized spacial score (nSPS) is 10.7. The monoisotopic (exact) mass is 382 g/mol. The van der Waals surface area contributed by atoms with Gasteiger partial charge in [0.15, 0.2) is 0 Å². The Kier molecular flexibility index (Phi) is 4.98. The molecule has 0 saturated heterocycles. The number of benzene rings is 5. The standard InChI is InChI=1S/C30H22/c1-4-10-23(11-5-1)26-16-18-27(19-17-26)30-21-28(24-12-6-2-7-13-24)20-29(22-30)25-14-8-3-9-15-25/h1-22H. The maximum Gasteiger partial charge on any atom is -0.0172 e. The number of hydrogen-bond acceptors (Lipinski definition) is 0. The van der Waals surface area contributed by atoms with Crippen molar-refractivity contribution in [2.75, 3.05) is 0 Å². The van der Waals surface area contributed by atoms with Crippen LogP contribution in [0.15, 0.2) is 133 Å². The van der Waals surface area contributed by atoms with Crippen LogP contribution < -0.4 is 0 Å². The van der Waals surface area contributed by atoms with Gasteiger partial charge < -0.3 is 0 Å². The fourth-order valence-electron chi connectivity index (χ4n) is 3.87. The van der Waals surface area contributed by atoms with E-state index in [9.17, 15) is 0 Å². The summed E-state index contributed by atoms with van der Waals surface area (Å²) in [7, 11) is 0. The molecule has 0 N–H and O–H groups in total. The van der Waals surface area contributed by atoms with E-state index in [1.54, 1.807) is 0 Å². The largest absolute Gasteiger partial charge is 0.0622 e. The molecular formula is C30H22. The summed E-state index contributed by atoms with van der Waals surface area (Å²) in [4.78, 5) is 0. The molecule has 0 aliphatic carbocycles. The molecule has 0 aliphatic rings. The van der Waals surface area contributed by atoms with Gasteiger partial charge in [-0.2, -0.15) is 0 Å². The molecule has 5 aromatic carbocycles. The fourth-order valence-corrected chi connectivity index (χ4v) is 3.87. The van der Waals surface area contributed by atoms with E-state index in [0.717, 1.165) is 0 Å². The van der Waals surface area contributed by atoms with Crippen molar-refractivity contribution in [2.45, 2.75) is 0 Å². The fraction of sp³-hybridized carbons (Fsp3) is 0. The summed E-state index contributed by atoms with van der Waals surface area (Å²) in [5, 5.41) is 0. The van der Waals surface area contributed by atoms with E-state index in [0.29, 0.717) is 0 Å². The van der Waals surface area contributed by atoms with Gasteiger partial charge in [0.05, 0.1) is 0 Å². The second-order valence-electron chi connectivity index (χ2n) is 7.47. The quantitative estimate of drug-likeness (QED) is 0.293. The van der Waals surface area contributed by atoms with Crippen molar-refractivity contribution in [1.82, 2.24) is 0 Å². The minimum absolute atomic E-state index is 1.23. The van der Waals surface area contributed by atoms with Crippen LogP contribution in [0.4, 0.5) is 0 Å². The van der Waals surface area contributed by atoms with Crippen LogP contribution in [0.2, 0.25) is 0 Å². The molecule has 5 rings (SSSR count). The molecule has 0 nitrogen and oxygen atoms in total. The molecule has 0 aromatic heterocycles. The minimum Gasteiger partial charge on any atom is -0.0622 e. The van der Waals surface area contributed by atoms with Crippen molar-refractivity contribution in [1.29, 1.82) is 0 Å². The SMILES string of the molecule is c1ccc(-c2ccc(-c3cc(-c4ccccc4)cc(-c4ccccc4)c3)cc2)cc1.